The van der Waals surface area contributed by atoms with Crippen molar-refractivity contribution in [1.82, 2.24) is 5.32 Å². The molecule has 0 aromatic heterocycles. The van der Waals surface area contributed by atoms with Gasteiger partial charge in [-0.3, -0.25) is 0 Å². The van der Waals surface area contributed by atoms with Crippen molar-refractivity contribution in [2.24, 2.45) is 5.73 Å². The monoisotopic (exact) mass is 232 g/mol. The van der Waals surface area contributed by atoms with Crippen LogP contribution in [0.3, 0.4) is 0 Å². The number of piperidine rings is 1. The molecule has 3 heteroatoms. The van der Waals surface area contributed by atoms with E-state index in [0.717, 1.165) is 37.8 Å². The molecule has 0 aliphatic carbocycles. The van der Waals surface area contributed by atoms with Gasteiger partial charge in [0.15, 0.2) is 0 Å². The molecule has 0 radical (unpaired) electrons. The highest BCUT2D eigenvalue weighted by Crippen LogP contribution is 2.36. The number of carbonyl (C=O) groups excluding carboxylic acids is 1. The predicted octanol–water partition coefficient (Wildman–Crippen LogP) is 1.36. The number of nitrogens with one attached hydrogen (secondary N) is 1. The number of nitrogens with two attached hydrogens (primary N) is 1. The first-order valence-corrected chi connectivity index (χ1v) is 6.24. The largest absolute Gasteiger partial charge is 0.326 e. The lowest BCUT2D eigenvalue weighted by Gasteiger charge is -2.37. The van der Waals surface area contributed by atoms with Crippen LogP contribution in [0.2, 0.25) is 0 Å². The summed E-state index contributed by atoms with van der Waals surface area (Å²) in [5.41, 5.74) is 8.07. The van der Waals surface area contributed by atoms with Crippen LogP contribution in [0.1, 0.15) is 30.4 Å². The molecule has 0 unspecified atom stereocenters. The molecular formula is C14H20N2O. The van der Waals surface area contributed by atoms with Crippen molar-refractivity contribution in [2.45, 2.75) is 31.2 Å². The average molecular weight is 232 g/mol. The third kappa shape index (κ3) is 2.56. The van der Waals surface area contributed by atoms with Gasteiger partial charge >= 0.3 is 0 Å². The van der Waals surface area contributed by atoms with Gasteiger partial charge in [-0.05, 0) is 37.1 Å². The molecule has 92 valence electrons. The number of aldehydes is 1. The Morgan fingerprint density at radius 1 is 1.24 bits per heavy atom. The van der Waals surface area contributed by atoms with E-state index in [-0.39, 0.29) is 5.41 Å². The maximum absolute atomic E-state index is 10.9. The minimum absolute atomic E-state index is 0.0418. The molecule has 1 aromatic rings. The normalized spacial score (nSPS) is 18.9. The molecule has 0 spiro atoms. The summed E-state index contributed by atoms with van der Waals surface area (Å²) in [4.78, 5) is 10.9. The van der Waals surface area contributed by atoms with Gasteiger partial charge in [-0.15, -0.1) is 0 Å². The summed E-state index contributed by atoms with van der Waals surface area (Å²) < 4.78 is 0. The Balaban J connectivity index is 2.27. The van der Waals surface area contributed by atoms with Gasteiger partial charge in [-0.25, -0.2) is 0 Å². The molecule has 3 nitrogen and oxygen atoms in total. The maximum atomic E-state index is 10.9. The highest BCUT2D eigenvalue weighted by atomic mass is 16.1. The summed E-state index contributed by atoms with van der Waals surface area (Å²) in [6, 6.07) is 8.42. The first kappa shape index (κ1) is 12.3. The number of hydrogen-bond acceptors (Lipinski definition) is 3. The van der Waals surface area contributed by atoms with Crippen molar-refractivity contribution in [1.29, 1.82) is 0 Å². The van der Waals surface area contributed by atoms with Crippen LogP contribution < -0.4 is 11.1 Å². The zero-order valence-electron chi connectivity index (χ0n) is 10.1. The van der Waals surface area contributed by atoms with E-state index in [1.54, 1.807) is 0 Å². The van der Waals surface area contributed by atoms with E-state index in [2.05, 4.69) is 29.6 Å². The zero-order valence-corrected chi connectivity index (χ0v) is 10.1. The molecule has 3 N–H and O–H groups in total. The lowest BCUT2D eigenvalue weighted by molar-refractivity contribution is -0.109. The van der Waals surface area contributed by atoms with Gasteiger partial charge in [-0.2, -0.15) is 0 Å². The van der Waals surface area contributed by atoms with Crippen molar-refractivity contribution < 1.29 is 4.79 Å². The van der Waals surface area contributed by atoms with Gasteiger partial charge in [0.1, 0.15) is 6.29 Å². The topological polar surface area (TPSA) is 55.1 Å². The Bertz CT molecular complexity index is 366. The zero-order chi connectivity index (χ0) is 12.1. The second kappa shape index (κ2) is 5.43. The van der Waals surface area contributed by atoms with E-state index in [1.165, 1.54) is 5.56 Å². The van der Waals surface area contributed by atoms with Crippen LogP contribution in [0.4, 0.5) is 0 Å². The second-order valence-electron chi connectivity index (χ2n) is 4.80. The molecular weight excluding hydrogens is 212 g/mol. The molecule has 0 amide bonds. The molecule has 1 saturated heterocycles. The maximum Gasteiger partial charge on any atom is 0.120 e. The lowest BCUT2D eigenvalue weighted by Crippen LogP contribution is -2.40. The van der Waals surface area contributed by atoms with Gasteiger partial charge in [0, 0.05) is 18.4 Å². The third-order valence-corrected chi connectivity index (χ3v) is 3.84. The second-order valence-corrected chi connectivity index (χ2v) is 4.80. The van der Waals surface area contributed by atoms with Crippen LogP contribution in [0.5, 0.6) is 0 Å². The summed E-state index contributed by atoms with van der Waals surface area (Å²) in [6.45, 7) is 2.56. The molecule has 0 bridgehead atoms. The third-order valence-electron chi connectivity index (χ3n) is 3.84. The fourth-order valence-corrected chi connectivity index (χ4v) is 2.67. The van der Waals surface area contributed by atoms with Crippen LogP contribution in [0.15, 0.2) is 24.3 Å². The molecule has 17 heavy (non-hydrogen) atoms. The van der Waals surface area contributed by atoms with Crippen molar-refractivity contribution >= 4 is 6.29 Å². The quantitative estimate of drug-likeness (QED) is 0.771. The van der Waals surface area contributed by atoms with E-state index < -0.39 is 0 Å². The molecule has 0 saturated carbocycles. The Labute approximate surface area is 102 Å². The summed E-state index contributed by atoms with van der Waals surface area (Å²) in [6.07, 6.45) is 3.75. The highest BCUT2D eigenvalue weighted by Gasteiger charge is 2.33. The number of hydrogen-bond donors (Lipinski definition) is 2. The van der Waals surface area contributed by atoms with Crippen LogP contribution in [0, 0.1) is 0 Å². The summed E-state index contributed by atoms with van der Waals surface area (Å²) in [5.74, 6) is 0. The summed E-state index contributed by atoms with van der Waals surface area (Å²) in [7, 11) is 0. The van der Waals surface area contributed by atoms with Gasteiger partial charge in [0.2, 0.25) is 0 Å². The lowest BCUT2D eigenvalue weighted by atomic mass is 9.71. The molecule has 1 aliphatic rings. The minimum atomic E-state index is 0.0418. The van der Waals surface area contributed by atoms with Crippen LogP contribution in [0.25, 0.3) is 0 Å². The molecule has 1 fully saturated rings. The van der Waals surface area contributed by atoms with Gasteiger partial charge in [0.05, 0.1) is 0 Å². The number of rotatable bonds is 4. The number of benzene rings is 1. The Morgan fingerprint density at radius 2 is 1.88 bits per heavy atom. The Hall–Kier alpha value is -1.19. The molecule has 1 heterocycles. The van der Waals surface area contributed by atoms with Gasteiger partial charge < -0.3 is 15.8 Å². The van der Waals surface area contributed by atoms with Crippen molar-refractivity contribution in [3.63, 3.8) is 0 Å². The van der Waals surface area contributed by atoms with Crippen molar-refractivity contribution in [2.75, 3.05) is 13.1 Å². The molecule has 1 aromatic carbocycles. The summed E-state index contributed by atoms with van der Waals surface area (Å²) in [5, 5.41) is 3.35. The van der Waals surface area contributed by atoms with E-state index in [9.17, 15) is 4.79 Å². The first-order valence-electron chi connectivity index (χ1n) is 6.24. The molecule has 1 aliphatic heterocycles. The smallest absolute Gasteiger partial charge is 0.120 e. The Kier molecular flexibility index (Phi) is 3.92. The highest BCUT2D eigenvalue weighted by molar-refractivity contribution is 5.54. The van der Waals surface area contributed by atoms with Crippen LogP contribution >= 0.6 is 0 Å². The first-order chi connectivity index (χ1) is 8.30. The van der Waals surface area contributed by atoms with E-state index in [1.807, 2.05) is 0 Å². The summed E-state index contributed by atoms with van der Waals surface area (Å²) >= 11 is 0. The van der Waals surface area contributed by atoms with E-state index in [4.69, 9.17) is 5.73 Å². The fraction of sp³-hybridized carbons (Fsp3) is 0.500. The standard InChI is InChI=1S/C14H20N2O/c15-11-12-1-3-13(4-2-12)14(7-10-17)5-8-16-9-6-14/h1-4,10,16H,5-9,11,15H2. The fourth-order valence-electron chi connectivity index (χ4n) is 2.67. The predicted molar refractivity (Wildman–Crippen MR) is 68.8 cm³/mol. The van der Waals surface area contributed by atoms with Gasteiger partial charge in [-0.1, -0.05) is 24.3 Å². The van der Waals surface area contributed by atoms with E-state index in [0.29, 0.717) is 13.0 Å². The Morgan fingerprint density at radius 3 is 2.41 bits per heavy atom. The van der Waals surface area contributed by atoms with Crippen LogP contribution in [-0.4, -0.2) is 19.4 Å². The SMILES string of the molecule is NCc1ccc(C2(CC=O)CCNCC2)cc1. The number of carbonyl (C=O) groups is 1. The van der Waals surface area contributed by atoms with Crippen molar-refractivity contribution in [3.05, 3.63) is 35.4 Å². The average Bonchev–Trinajstić information content (AvgIpc) is 2.40. The van der Waals surface area contributed by atoms with E-state index >= 15 is 0 Å². The van der Waals surface area contributed by atoms with Crippen molar-refractivity contribution in [3.8, 4) is 0 Å². The molecule has 2 rings (SSSR count). The van der Waals surface area contributed by atoms with Gasteiger partial charge in [0.25, 0.3) is 0 Å². The minimum Gasteiger partial charge on any atom is -0.326 e. The molecule has 0 atom stereocenters. The van der Waals surface area contributed by atoms with Crippen LogP contribution in [-0.2, 0) is 16.8 Å².